The van der Waals surface area contributed by atoms with Crippen molar-refractivity contribution in [1.29, 1.82) is 0 Å². The molecule has 1 aliphatic heterocycles. The smallest absolute Gasteiger partial charge is 0.271 e. The topological polar surface area (TPSA) is 76.1 Å². The second-order valence-electron chi connectivity index (χ2n) is 5.05. The van der Waals surface area contributed by atoms with Crippen molar-refractivity contribution in [3.8, 4) is 0 Å². The van der Waals surface area contributed by atoms with E-state index in [0.29, 0.717) is 30.0 Å². The van der Waals surface area contributed by atoms with Crippen molar-refractivity contribution in [2.24, 2.45) is 5.92 Å². The number of rotatable bonds is 5. The molecule has 6 nitrogen and oxygen atoms in total. The van der Waals surface area contributed by atoms with Crippen molar-refractivity contribution in [3.63, 3.8) is 0 Å². The second kappa shape index (κ2) is 7.19. The summed E-state index contributed by atoms with van der Waals surface area (Å²) < 4.78 is 5.36. The number of nitrogens with zero attached hydrogens (tertiary/aromatic N) is 2. The van der Waals surface area contributed by atoms with E-state index in [1.54, 1.807) is 12.1 Å². The van der Waals surface area contributed by atoms with Gasteiger partial charge in [-0.25, -0.2) is 0 Å². The van der Waals surface area contributed by atoms with Crippen LogP contribution in [0.25, 0.3) is 0 Å². The van der Waals surface area contributed by atoms with E-state index in [4.69, 9.17) is 4.74 Å². The summed E-state index contributed by atoms with van der Waals surface area (Å²) in [6.45, 7) is 6.27. The molecule has 0 aromatic carbocycles. The van der Waals surface area contributed by atoms with E-state index in [0.717, 1.165) is 26.1 Å². The number of ether oxygens (including phenoxy) is 1. The molecule has 110 valence electrons. The van der Waals surface area contributed by atoms with Gasteiger partial charge in [0.25, 0.3) is 5.91 Å². The van der Waals surface area contributed by atoms with Crippen LogP contribution in [0.15, 0.2) is 12.1 Å². The monoisotopic (exact) mass is 278 g/mol. The first-order chi connectivity index (χ1) is 9.70. The van der Waals surface area contributed by atoms with E-state index in [2.05, 4.69) is 27.8 Å². The Morgan fingerprint density at radius 2 is 2.15 bits per heavy atom. The normalized spacial score (nSPS) is 17.5. The van der Waals surface area contributed by atoms with Gasteiger partial charge in [-0.15, -0.1) is 10.2 Å². The van der Waals surface area contributed by atoms with Gasteiger partial charge in [-0.05, 0) is 44.7 Å². The Balaban J connectivity index is 1.91. The van der Waals surface area contributed by atoms with Crippen LogP contribution >= 0.6 is 0 Å². The molecule has 1 fully saturated rings. The molecular weight excluding hydrogens is 256 g/mol. The Bertz CT molecular complexity index is 429. The van der Waals surface area contributed by atoms with Gasteiger partial charge < -0.3 is 15.4 Å². The molecule has 1 aromatic rings. The van der Waals surface area contributed by atoms with Gasteiger partial charge in [0.1, 0.15) is 5.82 Å². The highest BCUT2D eigenvalue weighted by atomic mass is 16.5. The van der Waals surface area contributed by atoms with E-state index in [9.17, 15) is 4.79 Å². The molecule has 1 amide bonds. The van der Waals surface area contributed by atoms with Crippen LogP contribution in [-0.2, 0) is 4.74 Å². The van der Waals surface area contributed by atoms with Gasteiger partial charge in [0.15, 0.2) is 5.69 Å². The Labute approximate surface area is 119 Å². The maximum absolute atomic E-state index is 11.6. The van der Waals surface area contributed by atoms with Gasteiger partial charge in [0.05, 0.1) is 0 Å². The Kier molecular flexibility index (Phi) is 5.29. The molecule has 1 atom stereocenters. The number of carbonyl (C=O) groups excluding carboxylic acids is 1. The summed E-state index contributed by atoms with van der Waals surface area (Å²) in [4.78, 5) is 11.6. The number of hydrogen-bond donors (Lipinski definition) is 2. The molecule has 1 saturated heterocycles. The molecule has 1 aromatic heterocycles. The fraction of sp³-hybridized carbons (Fsp3) is 0.643. The number of amides is 1. The summed E-state index contributed by atoms with van der Waals surface area (Å²) >= 11 is 0. The summed E-state index contributed by atoms with van der Waals surface area (Å²) in [5, 5.41) is 14.1. The van der Waals surface area contributed by atoms with Gasteiger partial charge >= 0.3 is 0 Å². The lowest BCUT2D eigenvalue weighted by atomic mass is 9.93. The lowest BCUT2D eigenvalue weighted by Crippen LogP contribution is -2.31. The molecule has 2 heterocycles. The first-order valence-corrected chi connectivity index (χ1v) is 7.17. The lowest BCUT2D eigenvalue weighted by molar-refractivity contribution is 0.0622. The quantitative estimate of drug-likeness (QED) is 0.852. The molecule has 2 N–H and O–H groups in total. The van der Waals surface area contributed by atoms with Crippen molar-refractivity contribution in [2.75, 3.05) is 25.1 Å². The van der Waals surface area contributed by atoms with E-state index in [-0.39, 0.29) is 5.91 Å². The fourth-order valence-corrected chi connectivity index (χ4v) is 2.35. The minimum Gasteiger partial charge on any atom is -0.381 e. The Morgan fingerprint density at radius 1 is 1.40 bits per heavy atom. The van der Waals surface area contributed by atoms with E-state index >= 15 is 0 Å². The summed E-state index contributed by atoms with van der Waals surface area (Å²) in [6, 6.07) is 3.81. The SMILES string of the molecule is CCNC(=O)c1ccc(NC(C)C2CCOCC2)nn1. The van der Waals surface area contributed by atoms with E-state index in [1.165, 1.54) is 0 Å². The average molecular weight is 278 g/mol. The zero-order chi connectivity index (χ0) is 14.4. The summed E-state index contributed by atoms with van der Waals surface area (Å²) in [7, 11) is 0. The third-order valence-electron chi connectivity index (χ3n) is 3.58. The van der Waals surface area contributed by atoms with Crippen LogP contribution in [0, 0.1) is 5.92 Å². The summed E-state index contributed by atoms with van der Waals surface area (Å²) in [5.41, 5.74) is 0.344. The van der Waals surface area contributed by atoms with Gasteiger partial charge in [0, 0.05) is 25.8 Å². The van der Waals surface area contributed by atoms with Gasteiger partial charge in [-0.2, -0.15) is 0 Å². The van der Waals surface area contributed by atoms with Gasteiger partial charge in [-0.3, -0.25) is 4.79 Å². The van der Waals surface area contributed by atoms with Crippen LogP contribution in [0.5, 0.6) is 0 Å². The van der Waals surface area contributed by atoms with Crippen molar-refractivity contribution in [3.05, 3.63) is 17.8 Å². The highest BCUT2D eigenvalue weighted by Crippen LogP contribution is 2.20. The maximum Gasteiger partial charge on any atom is 0.271 e. The Morgan fingerprint density at radius 3 is 2.75 bits per heavy atom. The minimum atomic E-state index is -0.191. The van der Waals surface area contributed by atoms with Crippen LogP contribution in [0.1, 0.15) is 37.2 Å². The standard InChI is InChI=1S/C14H22N4O2/c1-3-15-14(19)12-4-5-13(18-17-12)16-10(2)11-6-8-20-9-7-11/h4-5,10-11H,3,6-9H2,1-2H3,(H,15,19)(H,16,18). The third-order valence-corrected chi connectivity index (χ3v) is 3.58. The van der Waals surface area contributed by atoms with Crippen molar-refractivity contribution in [1.82, 2.24) is 15.5 Å². The highest BCUT2D eigenvalue weighted by molar-refractivity contribution is 5.92. The minimum absolute atomic E-state index is 0.191. The zero-order valence-corrected chi connectivity index (χ0v) is 12.1. The number of hydrogen-bond acceptors (Lipinski definition) is 5. The number of aromatic nitrogens is 2. The van der Waals surface area contributed by atoms with Crippen molar-refractivity contribution in [2.45, 2.75) is 32.7 Å². The number of anilines is 1. The maximum atomic E-state index is 11.6. The molecule has 0 bridgehead atoms. The fourth-order valence-electron chi connectivity index (χ4n) is 2.35. The Hall–Kier alpha value is -1.69. The molecule has 0 radical (unpaired) electrons. The van der Waals surface area contributed by atoms with Crippen LogP contribution in [0.2, 0.25) is 0 Å². The van der Waals surface area contributed by atoms with Crippen molar-refractivity contribution < 1.29 is 9.53 Å². The average Bonchev–Trinajstić information content (AvgIpc) is 2.49. The first-order valence-electron chi connectivity index (χ1n) is 7.17. The molecule has 0 aliphatic carbocycles. The summed E-state index contributed by atoms with van der Waals surface area (Å²) in [5.74, 6) is 1.11. The molecule has 0 spiro atoms. The zero-order valence-electron chi connectivity index (χ0n) is 12.1. The van der Waals surface area contributed by atoms with Crippen LogP contribution in [0.4, 0.5) is 5.82 Å². The molecule has 20 heavy (non-hydrogen) atoms. The lowest BCUT2D eigenvalue weighted by Gasteiger charge is -2.28. The van der Waals surface area contributed by atoms with Gasteiger partial charge in [0.2, 0.25) is 0 Å². The number of carbonyl (C=O) groups is 1. The predicted molar refractivity (Wildman–Crippen MR) is 76.7 cm³/mol. The van der Waals surface area contributed by atoms with Crippen LogP contribution in [-0.4, -0.2) is 41.9 Å². The van der Waals surface area contributed by atoms with Crippen LogP contribution < -0.4 is 10.6 Å². The number of nitrogens with one attached hydrogen (secondary N) is 2. The first kappa shape index (κ1) is 14.7. The largest absolute Gasteiger partial charge is 0.381 e. The molecule has 1 aliphatic rings. The van der Waals surface area contributed by atoms with E-state index < -0.39 is 0 Å². The molecule has 6 heteroatoms. The molecular formula is C14H22N4O2. The predicted octanol–water partition coefficient (Wildman–Crippen LogP) is 1.45. The van der Waals surface area contributed by atoms with Crippen LogP contribution in [0.3, 0.4) is 0 Å². The molecule has 0 saturated carbocycles. The van der Waals surface area contributed by atoms with Crippen molar-refractivity contribution >= 4 is 11.7 Å². The highest BCUT2D eigenvalue weighted by Gasteiger charge is 2.20. The van der Waals surface area contributed by atoms with E-state index in [1.807, 2.05) is 6.92 Å². The second-order valence-corrected chi connectivity index (χ2v) is 5.05. The van der Waals surface area contributed by atoms with Gasteiger partial charge in [-0.1, -0.05) is 0 Å². The molecule has 2 rings (SSSR count). The third kappa shape index (κ3) is 3.90. The summed E-state index contributed by atoms with van der Waals surface area (Å²) in [6.07, 6.45) is 2.14. The molecule has 1 unspecified atom stereocenters.